The fourth-order valence-corrected chi connectivity index (χ4v) is 2.41. The molecular formula is C13H23N3OS. The maximum atomic E-state index is 11.7. The lowest BCUT2D eigenvalue weighted by molar-refractivity contribution is -0.123. The van der Waals surface area contributed by atoms with E-state index in [1.807, 2.05) is 20.0 Å². The zero-order valence-corrected chi connectivity index (χ0v) is 12.2. The molecule has 18 heavy (non-hydrogen) atoms. The molecule has 102 valence electrons. The van der Waals surface area contributed by atoms with Crippen molar-refractivity contribution in [2.75, 3.05) is 6.54 Å². The van der Waals surface area contributed by atoms with Gasteiger partial charge in [-0.2, -0.15) is 0 Å². The van der Waals surface area contributed by atoms with E-state index >= 15 is 0 Å². The number of nitrogens with one attached hydrogen (secondary N) is 1. The largest absolute Gasteiger partial charge is 0.354 e. The summed E-state index contributed by atoms with van der Waals surface area (Å²) in [5.74, 6) is 0.160. The SMILES string of the molecule is CCc1cnc(CCNC(=O)C(N)C(C)CC)s1. The molecule has 1 heterocycles. The summed E-state index contributed by atoms with van der Waals surface area (Å²) in [6, 6.07) is -0.405. The van der Waals surface area contributed by atoms with Gasteiger partial charge >= 0.3 is 0 Å². The molecule has 0 radical (unpaired) electrons. The van der Waals surface area contributed by atoms with Crippen LogP contribution in [-0.2, 0) is 17.6 Å². The molecule has 0 saturated carbocycles. The number of nitrogens with zero attached hydrogens (tertiary/aromatic N) is 1. The number of aromatic nitrogens is 1. The monoisotopic (exact) mass is 269 g/mol. The first-order valence-electron chi connectivity index (χ1n) is 6.55. The maximum absolute atomic E-state index is 11.7. The number of aryl methyl sites for hydroxylation is 1. The van der Waals surface area contributed by atoms with Gasteiger partial charge in [-0.05, 0) is 12.3 Å². The van der Waals surface area contributed by atoms with E-state index in [1.54, 1.807) is 11.3 Å². The van der Waals surface area contributed by atoms with Crippen LogP contribution in [0.1, 0.15) is 37.1 Å². The van der Waals surface area contributed by atoms with E-state index in [0.717, 1.165) is 24.3 Å². The van der Waals surface area contributed by atoms with Crippen LogP contribution < -0.4 is 11.1 Å². The Kier molecular flexibility index (Phi) is 6.29. The number of nitrogens with two attached hydrogens (primary N) is 1. The van der Waals surface area contributed by atoms with Crippen LogP contribution in [0.15, 0.2) is 6.20 Å². The molecule has 2 unspecified atom stereocenters. The lowest BCUT2D eigenvalue weighted by Gasteiger charge is -2.17. The molecule has 0 fully saturated rings. The summed E-state index contributed by atoms with van der Waals surface area (Å²) in [6.07, 6.45) is 4.63. The molecule has 0 aliphatic rings. The molecule has 1 rings (SSSR count). The topological polar surface area (TPSA) is 68.0 Å². The Bertz CT molecular complexity index is 378. The Hall–Kier alpha value is -0.940. The predicted octanol–water partition coefficient (Wildman–Crippen LogP) is 1.74. The van der Waals surface area contributed by atoms with E-state index in [0.29, 0.717) is 6.54 Å². The standard InChI is InChI=1S/C13H23N3OS/c1-4-9(3)12(14)13(17)15-7-6-11-16-8-10(5-2)18-11/h8-9,12H,4-7,14H2,1-3H3,(H,15,17). The number of hydrogen-bond acceptors (Lipinski definition) is 4. The third-order valence-electron chi connectivity index (χ3n) is 3.15. The fraction of sp³-hybridized carbons (Fsp3) is 0.692. The second-order valence-electron chi connectivity index (χ2n) is 4.53. The highest BCUT2D eigenvalue weighted by Crippen LogP contribution is 2.13. The van der Waals surface area contributed by atoms with E-state index in [4.69, 9.17) is 5.73 Å². The summed E-state index contributed by atoms with van der Waals surface area (Å²) in [6.45, 7) is 6.77. The van der Waals surface area contributed by atoms with E-state index in [1.165, 1.54) is 4.88 Å². The average molecular weight is 269 g/mol. The number of rotatable bonds is 7. The molecule has 3 N–H and O–H groups in total. The predicted molar refractivity (Wildman–Crippen MR) is 75.6 cm³/mol. The minimum Gasteiger partial charge on any atom is -0.354 e. The van der Waals surface area contributed by atoms with E-state index < -0.39 is 6.04 Å². The van der Waals surface area contributed by atoms with Crippen molar-refractivity contribution < 1.29 is 4.79 Å². The normalized spacial score (nSPS) is 14.2. The molecule has 2 atom stereocenters. The molecule has 1 aromatic heterocycles. The van der Waals surface area contributed by atoms with E-state index in [9.17, 15) is 4.79 Å². The van der Waals surface area contributed by atoms with Gasteiger partial charge < -0.3 is 11.1 Å². The van der Waals surface area contributed by atoms with Gasteiger partial charge in [-0.1, -0.05) is 27.2 Å². The lowest BCUT2D eigenvalue weighted by Crippen LogP contribution is -2.45. The molecule has 0 aliphatic heterocycles. The minimum absolute atomic E-state index is 0.0587. The van der Waals surface area contributed by atoms with Crippen LogP contribution >= 0.6 is 11.3 Å². The highest BCUT2D eigenvalue weighted by Gasteiger charge is 2.18. The molecule has 0 aliphatic carbocycles. The van der Waals surface area contributed by atoms with Gasteiger partial charge in [0.15, 0.2) is 0 Å². The minimum atomic E-state index is -0.405. The zero-order chi connectivity index (χ0) is 13.5. The first kappa shape index (κ1) is 15.1. The van der Waals surface area contributed by atoms with Crippen LogP contribution in [0.2, 0.25) is 0 Å². The van der Waals surface area contributed by atoms with Gasteiger partial charge in [0.25, 0.3) is 0 Å². The van der Waals surface area contributed by atoms with Gasteiger partial charge in [-0.25, -0.2) is 4.98 Å². The Morgan fingerprint density at radius 3 is 2.83 bits per heavy atom. The van der Waals surface area contributed by atoms with Crippen molar-refractivity contribution in [3.8, 4) is 0 Å². The molecule has 5 heteroatoms. The summed E-state index contributed by atoms with van der Waals surface area (Å²) in [4.78, 5) is 17.3. The van der Waals surface area contributed by atoms with Crippen molar-refractivity contribution in [3.05, 3.63) is 16.1 Å². The van der Waals surface area contributed by atoms with Gasteiger partial charge in [0.1, 0.15) is 0 Å². The first-order chi connectivity index (χ1) is 8.58. The van der Waals surface area contributed by atoms with Crippen molar-refractivity contribution in [2.24, 2.45) is 11.7 Å². The molecule has 1 aromatic rings. The smallest absolute Gasteiger partial charge is 0.237 e. The van der Waals surface area contributed by atoms with E-state index in [-0.39, 0.29) is 11.8 Å². The third kappa shape index (κ3) is 4.38. The number of carbonyl (C=O) groups excluding carboxylic acids is 1. The first-order valence-corrected chi connectivity index (χ1v) is 7.37. The van der Waals surface area contributed by atoms with Gasteiger partial charge in [0, 0.05) is 24.0 Å². The highest BCUT2D eigenvalue weighted by molar-refractivity contribution is 7.11. The summed E-state index contributed by atoms with van der Waals surface area (Å²) >= 11 is 1.71. The molecule has 0 aromatic carbocycles. The lowest BCUT2D eigenvalue weighted by atomic mass is 9.99. The Morgan fingerprint density at radius 2 is 2.28 bits per heavy atom. The summed E-state index contributed by atoms with van der Waals surface area (Å²) in [7, 11) is 0. The number of amides is 1. The second-order valence-corrected chi connectivity index (χ2v) is 5.73. The number of thiazole rings is 1. The fourth-order valence-electron chi connectivity index (χ4n) is 1.55. The Labute approximate surface area is 113 Å². The quantitative estimate of drug-likeness (QED) is 0.792. The number of carbonyl (C=O) groups is 1. The molecule has 0 bridgehead atoms. The van der Waals surface area contributed by atoms with Crippen molar-refractivity contribution in [1.82, 2.24) is 10.3 Å². The van der Waals surface area contributed by atoms with Crippen LogP contribution in [-0.4, -0.2) is 23.5 Å². The summed E-state index contributed by atoms with van der Waals surface area (Å²) in [5, 5.41) is 3.95. The maximum Gasteiger partial charge on any atom is 0.237 e. The van der Waals surface area contributed by atoms with Gasteiger partial charge in [-0.15, -0.1) is 11.3 Å². The van der Waals surface area contributed by atoms with Gasteiger partial charge in [0.2, 0.25) is 5.91 Å². The van der Waals surface area contributed by atoms with Crippen LogP contribution in [0.3, 0.4) is 0 Å². The third-order valence-corrected chi connectivity index (χ3v) is 4.35. The van der Waals surface area contributed by atoms with Crippen molar-refractivity contribution in [1.29, 1.82) is 0 Å². The zero-order valence-electron chi connectivity index (χ0n) is 11.4. The second kappa shape index (κ2) is 7.48. The summed E-state index contributed by atoms with van der Waals surface area (Å²) < 4.78 is 0. The van der Waals surface area contributed by atoms with Crippen LogP contribution in [0.4, 0.5) is 0 Å². The van der Waals surface area contributed by atoms with Gasteiger partial charge in [0.05, 0.1) is 11.0 Å². The van der Waals surface area contributed by atoms with E-state index in [2.05, 4.69) is 17.2 Å². The summed E-state index contributed by atoms with van der Waals surface area (Å²) in [5.41, 5.74) is 5.85. The highest BCUT2D eigenvalue weighted by atomic mass is 32.1. The Morgan fingerprint density at radius 1 is 1.56 bits per heavy atom. The van der Waals surface area contributed by atoms with Crippen molar-refractivity contribution >= 4 is 17.2 Å². The van der Waals surface area contributed by atoms with Crippen LogP contribution in [0.5, 0.6) is 0 Å². The van der Waals surface area contributed by atoms with Crippen LogP contribution in [0.25, 0.3) is 0 Å². The molecule has 0 saturated heterocycles. The number of hydrogen-bond donors (Lipinski definition) is 2. The molecule has 0 spiro atoms. The van der Waals surface area contributed by atoms with Crippen molar-refractivity contribution in [3.63, 3.8) is 0 Å². The molecule has 1 amide bonds. The molecular weight excluding hydrogens is 246 g/mol. The molecule has 4 nitrogen and oxygen atoms in total. The Balaban J connectivity index is 2.31. The van der Waals surface area contributed by atoms with Crippen LogP contribution in [0, 0.1) is 5.92 Å². The van der Waals surface area contributed by atoms with Crippen molar-refractivity contribution in [2.45, 2.75) is 46.1 Å². The van der Waals surface area contributed by atoms with Gasteiger partial charge in [-0.3, -0.25) is 4.79 Å². The average Bonchev–Trinajstić information content (AvgIpc) is 2.84.